The minimum atomic E-state index is -0.0133. The Hall–Kier alpha value is -0.590. The minimum absolute atomic E-state index is 0.0133. The molecule has 3 nitrogen and oxygen atoms in total. The third-order valence-electron chi connectivity index (χ3n) is 2.15. The number of nitrogens with one attached hydrogen (secondary N) is 1. The Morgan fingerprint density at radius 2 is 2.36 bits per heavy atom. The van der Waals surface area contributed by atoms with E-state index in [0.717, 1.165) is 12.6 Å². The second-order valence-corrected chi connectivity index (χ2v) is 3.14. The molecule has 1 fully saturated rings. The lowest BCUT2D eigenvalue weighted by Crippen LogP contribution is -2.37. The van der Waals surface area contributed by atoms with Gasteiger partial charge in [0.2, 0.25) is 0 Å². The fourth-order valence-electron chi connectivity index (χ4n) is 1.15. The second kappa shape index (κ2) is 3.70. The van der Waals surface area contributed by atoms with E-state index in [-0.39, 0.29) is 6.04 Å². The molecule has 0 aromatic heterocycles. The first-order valence-electron chi connectivity index (χ1n) is 4.05. The van der Waals surface area contributed by atoms with Crippen LogP contribution in [0, 0.1) is 11.3 Å². The Labute approximate surface area is 68.0 Å². The first-order chi connectivity index (χ1) is 5.27. The molecule has 0 heterocycles. The van der Waals surface area contributed by atoms with Crippen LogP contribution in [0.15, 0.2) is 0 Å². The van der Waals surface area contributed by atoms with E-state index in [1.807, 2.05) is 7.05 Å². The van der Waals surface area contributed by atoms with Crippen molar-refractivity contribution in [3.05, 3.63) is 0 Å². The average Bonchev–Trinajstić information content (AvgIpc) is 2.81. The lowest BCUT2D eigenvalue weighted by Gasteiger charge is -2.18. The van der Waals surface area contributed by atoms with Crippen molar-refractivity contribution in [1.29, 1.82) is 5.26 Å². The maximum absolute atomic E-state index is 8.64. The zero-order valence-corrected chi connectivity index (χ0v) is 7.17. The monoisotopic (exact) mass is 153 g/mol. The Bertz CT molecular complexity index is 157. The predicted molar refractivity (Wildman–Crippen MR) is 44.1 cm³/mol. The largest absolute Gasteiger partial charge is 0.304 e. The Kier molecular flexibility index (Phi) is 2.86. The van der Waals surface area contributed by atoms with Crippen LogP contribution in [0.25, 0.3) is 0 Å². The molecular formula is C8H15N3. The van der Waals surface area contributed by atoms with Crippen LogP contribution in [0.1, 0.15) is 12.8 Å². The van der Waals surface area contributed by atoms with Crippen LogP contribution in [0.4, 0.5) is 0 Å². The van der Waals surface area contributed by atoms with Gasteiger partial charge in [0.05, 0.1) is 6.07 Å². The van der Waals surface area contributed by atoms with Gasteiger partial charge in [-0.15, -0.1) is 0 Å². The Morgan fingerprint density at radius 3 is 2.73 bits per heavy atom. The maximum Gasteiger partial charge on any atom is 0.108 e. The maximum atomic E-state index is 8.64. The molecule has 0 saturated heterocycles. The van der Waals surface area contributed by atoms with Gasteiger partial charge in [-0.25, -0.2) is 0 Å². The summed E-state index contributed by atoms with van der Waals surface area (Å²) < 4.78 is 0. The van der Waals surface area contributed by atoms with Crippen LogP contribution in [0.5, 0.6) is 0 Å². The molecule has 0 aliphatic heterocycles. The van der Waals surface area contributed by atoms with Crippen LogP contribution in [-0.2, 0) is 0 Å². The van der Waals surface area contributed by atoms with Gasteiger partial charge in [0.25, 0.3) is 0 Å². The van der Waals surface area contributed by atoms with Crippen LogP contribution in [0.2, 0.25) is 0 Å². The highest BCUT2D eigenvalue weighted by molar-refractivity contribution is 4.93. The molecule has 0 aromatic carbocycles. The smallest absolute Gasteiger partial charge is 0.108 e. The number of nitrogens with zero attached hydrogens (tertiary/aromatic N) is 2. The number of hydrogen-bond donors (Lipinski definition) is 1. The summed E-state index contributed by atoms with van der Waals surface area (Å²) in [6.45, 7) is 0.845. The summed E-state index contributed by atoms with van der Waals surface area (Å²) in [4.78, 5) is 2.25. The second-order valence-electron chi connectivity index (χ2n) is 3.14. The molecule has 0 radical (unpaired) electrons. The van der Waals surface area contributed by atoms with Crippen LogP contribution < -0.4 is 5.32 Å². The van der Waals surface area contributed by atoms with Crippen molar-refractivity contribution in [2.75, 3.05) is 20.6 Å². The third-order valence-corrected chi connectivity index (χ3v) is 2.15. The molecule has 1 aliphatic carbocycles. The molecule has 1 N–H and O–H groups in total. The Morgan fingerprint density at radius 1 is 1.73 bits per heavy atom. The van der Waals surface area contributed by atoms with E-state index in [2.05, 4.69) is 23.3 Å². The summed E-state index contributed by atoms with van der Waals surface area (Å²) >= 11 is 0. The van der Waals surface area contributed by atoms with Crippen molar-refractivity contribution < 1.29 is 0 Å². The van der Waals surface area contributed by atoms with Gasteiger partial charge in [-0.2, -0.15) is 5.26 Å². The van der Waals surface area contributed by atoms with Crippen LogP contribution >= 0.6 is 0 Å². The number of rotatable bonds is 4. The molecule has 1 unspecified atom stereocenters. The standard InChI is InChI=1S/C8H15N3/c1-10-7(5-9)6-11(2)8-3-4-8/h7-8,10H,3-4,6H2,1-2H3. The van der Waals surface area contributed by atoms with Gasteiger partial charge in [0.1, 0.15) is 6.04 Å². The molecule has 0 amide bonds. The average molecular weight is 153 g/mol. The number of nitriles is 1. The molecule has 3 heteroatoms. The lowest BCUT2D eigenvalue weighted by atomic mass is 10.3. The highest BCUT2D eigenvalue weighted by Crippen LogP contribution is 2.24. The fourth-order valence-corrected chi connectivity index (χ4v) is 1.15. The molecule has 1 saturated carbocycles. The quantitative estimate of drug-likeness (QED) is 0.626. The van der Waals surface area contributed by atoms with Crippen molar-refractivity contribution in [1.82, 2.24) is 10.2 Å². The van der Waals surface area contributed by atoms with Crippen molar-refractivity contribution in [3.63, 3.8) is 0 Å². The van der Waals surface area contributed by atoms with E-state index in [4.69, 9.17) is 5.26 Å². The predicted octanol–water partition coefficient (Wildman–Crippen LogP) is 0.192. The van der Waals surface area contributed by atoms with E-state index in [1.165, 1.54) is 12.8 Å². The van der Waals surface area contributed by atoms with E-state index in [1.54, 1.807) is 0 Å². The van der Waals surface area contributed by atoms with Crippen molar-refractivity contribution >= 4 is 0 Å². The van der Waals surface area contributed by atoms with Gasteiger partial charge in [-0.3, -0.25) is 0 Å². The highest BCUT2D eigenvalue weighted by Gasteiger charge is 2.27. The summed E-state index contributed by atoms with van der Waals surface area (Å²) in [7, 11) is 3.91. The number of hydrogen-bond acceptors (Lipinski definition) is 3. The SMILES string of the molecule is CNC(C#N)CN(C)C1CC1. The van der Waals surface area contributed by atoms with Gasteiger partial charge in [-0.05, 0) is 26.9 Å². The fraction of sp³-hybridized carbons (Fsp3) is 0.875. The van der Waals surface area contributed by atoms with E-state index >= 15 is 0 Å². The minimum Gasteiger partial charge on any atom is -0.304 e. The van der Waals surface area contributed by atoms with Gasteiger partial charge < -0.3 is 10.2 Å². The van der Waals surface area contributed by atoms with Crippen molar-refractivity contribution in [2.45, 2.75) is 24.9 Å². The molecule has 11 heavy (non-hydrogen) atoms. The molecule has 0 bridgehead atoms. The first kappa shape index (κ1) is 8.51. The third kappa shape index (κ3) is 2.49. The molecule has 1 rings (SSSR count). The highest BCUT2D eigenvalue weighted by atomic mass is 15.2. The molecule has 1 aliphatic rings. The summed E-state index contributed by atoms with van der Waals surface area (Å²) in [6, 6.07) is 2.95. The van der Waals surface area contributed by atoms with Gasteiger partial charge in [-0.1, -0.05) is 0 Å². The van der Waals surface area contributed by atoms with Crippen molar-refractivity contribution in [3.8, 4) is 6.07 Å². The normalized spacial score (nSPS) is 19.8. The number of likely N-dealkylation sites (N-methyl/N-ethyl adjacent to an activating group) is 2. The molecule has 62 valence electrons. The summed E-state index contributed by atoms with van der Waals surface area (Å²) in [6.07, 6.45) is 2.61. The van der Waals surface area contributed by atoms with Crippen molar-refractivity contribution in [2.24, 2.45) is 0 Å². The molecule has 0 spiro atoms. The molecule has 1 atom stereocenters. The van der Waals surface area contributed by atoms with E-state index < -0.39 is 0 Å². The molecular weight excluding hydrogens is 138 g/mol. The van der Waals surface area contributed by atoms with Gasteiger partial charge in [0.15, 0.2) is 0 Å². The van der Waals surface area contributed by atoms with Crippen LogP contribution in [-0.4, -0.2) is 37.6 Å². The lowest BCUT2D eigenvalue weighted by molar-refractivity contribution is 0.306. The first-order valence-corrected chi connectivity index (χ1v) is 4.05. The topological polar surface area (TPSA) is 39.1 Å². The summed E-state index contributed by atoms with van der Waals surface area (Å²) in [5.74, 6) is 0. The zero-order valence-electron chi connectivity index (χ0n) is 7.17. The Balaban J connectivity index is 2.22. The summed E-state index contributed by atoms with van der Waals surface area (Å²) in [5.41, 5.74) is 0. The van der Waals surface area contributed by atoms with E-state index in [9.17, 15) is 0 Å². The molecule has 0 aromatic rings. The zero-order chi connectivity index (χ0) is 8.27. The van der Waals surface area contributed by atoms with E-state index in [0.29, 0.717) is 0 Å². The summed E-state index contributed by atoms with van der Waals surface area (Å²) in [5, 5.41) is 11.6. The van der Waals surface area contributed by atoms with Crippen LogP contribution in [0.3, 0.4) is 0 Å². The van der Waals surface area contributed by atoms with Gasteiger partial charge in [0, 0.05) is 12.6 Å². The van der Waals surface area contributed by atoms with Gasteiger partial charge >= 0.3 is 0 Å².